The molecule has 6 nitrogen and oxygen atoms in total. The van der Waals surface area contributed by atoms with Crippen molar-refractivity contribution in [1.29, 1.82) is 0 Å². The van der Waals surface area contributed by atoms with Gasteiger partial charge < -0.3 is 10.4 Å². The molecule has 0 aliphatic carbocycles. The van der Waals surface area contributed by atoms with Gasteiger partial charge in [0.2, 0.25) is 0 Å². The molecule has 0 heterocycles. The Balaban J connectivity index is 1.49. The van der Waals surface area contributed by atoms with Crippen molar-refractivity contribution in [3.8, 4) is 5.75 Å². The highest BCUT2D eigenvalue weighted by molar-refractivity contribution is 6.40. The first kappa shape index (κ1) is 18.2. The number of nitrogens with one attached hydrogen (secondary N) is 2. The number of rotatable bonds is 3. The Bertz CT molecular complexity index is 1260. The van der Waals surface area contributed by atoms with Gasteiger partial charge in [0.1, 0.15) is 5.75 Å². The molecular formula is C23H17N3O3. The Morgan fingerprint density at radius 1 is 0.759 bits per heavy atom. The number of hydrogen-bond donors (Lipinski definition) is 3. The summed E-state index contributed by atoms with van der Waals surface area (Å²) in [5.41, 5.74) is 3.20. The SMILES string of the molecule is O=C(N/N=C/c1c(O)ccc2ccccc12)C(=O)Nc1cccc2ccccc12. The molecule has 4 rings (SSSR count). The van der Waals surface area contributed by atoms with Crippen LogP contribution in [0.3, 0.4) is 0 Å². The van der Waals surface area contributed by atoms with E-state index in [0.29, 0.717) is 11.3 Å². The van der Waals surface area contributed by atoms with Crippen molar-refractivity contribution in [1.82, 2.24) is 5.43 Å². The second-order valence-electron chi connectivity index (χ2n) is 6.40. The topological polar surface area (TPSA) is 90.8 Å². The molecule has 0 fully saturated rings. The summed E-state index contributed by atoms with van der Waals surface area (Å²) in [4.78, 5) is 24.4. The van der Waals surface area contributed by atoms with E-state index in [-0.39, 0.29) is 5.75 Å². The third-order valence-electron chi connectivity index (χ3n) is 4.55. The Morgan fingerprint density at radius 3 is 2.21 bits per heavy atom. The summed E-state index contributed by atoms with van der Waals surface area (Å²) >= 11 is 0. The normalized spacial score (nSPS) is 11.0. The molecule has 3 N–H and O–H groups in total. The number of hydrogen-bond acceptors (Lipinski definition) is 4. The number of phenols is 1. The predicted molar refractivity (Wildman–Crippen MR) is 114 cm³/mol. The summed E-state index contributed by atoms with van der Waals surface area (Å²) in [7, 11) is 0. The first-order chi connectivity index (χ1) is 14.1. The van der Waals surface area contributed by atoms with Crippen LogP contribution < -0.4 is 10.7 Å². The highest BCUT2D eigenvalue weighted by Crippen LogP contribution is 2.25. The summed E-state index contributed by atoms with van der Waals surface area (Å²) in [6.07, 6.45) is 1.32. The number of nitrogens with zero attached hydrogens (tertiary/aromatic N) is 1. The van der Waals surface area contributed by atoms with E-state index in [2.05, 4.69) is 15.8 Å². The van der Waals surface area contributed by atoms with Crippen LogP contribution in [0.5, 0.6) is 5.75 Å². The van der Waals surface area contributed by atoms with Crippen LogP contribution in [0.25, 0.3) is 21.5 Å². The van der Waals surface area contributed by atoms with Gasteiger partial charge in [0.05, 0.1) is 6.21 Å². The zero-order chi connectivity index (χ0) is 20.2. The van der Waals surface area contributed by atoms with Crippen molar-refractivity contribution in [2.75, 3.05) is 5.32 Å². The van der Waals surface area contributed by atoms with Crippen LogP contribution in [0.15, 0.2) is 84.0 Å². The lowest BCUT2D eigenvalue weighted by Gasteiger charge is -2.08. The number of phenolic OH excluding ortho intramolecular Hbond substituents is 1. The summed E-state index contributed by atoms with van der Waals surface area (Å²) in [5.74, 6) is -1.71. The average molecular weight is 383 g/mol. The van der Waals surface area contributed by atoms with E-state index < -0.39 is 11.8 Å². The first-order valence-electron chi connectivity index (χ1n) is 8.96. The van der Waals surface area contributed by atoms with E-state index in [1.165, 1.54) is 6.21 Å². The molecule has 4 aromatic rings. The molecule has 0 aliphatic heterocycles. The van der Waals surface area contributed by atoms with Crippen LogP contribution in [0.1, 0.15) is 5.56 Å². The first-order valence-corrected chi connectivity index (χ1v) is 8.96. The number of amides is 2. The number of hydrazone groups is 1. The molecule has 6 heteroatoms. The zero-order valence-corrected chi connectivity index (χ0v) is 15.3. The van der Waals surface area contributed by atoms with Crippen molar-refractivity contribution in [2.45, 2.75) is 0 Å². The highest BCUT2D eigenvalue weighted by Gasteiger charge is 2.14. The summed E-state index contributed by atoms with van der Waals surface area (Å²) in [5, 5.41) is 20.0. The summed E-state index contributed by atoms with van der Waals surface area (Å²) in [6.45, 7) is 0. The third kappa shape index (κ3) is 3.77. The van der Waals surface area contributed by atoms with E-state index in [1.54, 1.807) is 24.3 Å². The Hall–Kier alpha value is -4.19. The van der Waals surface area contributed by atoms with Crippen molar-refractivity contribution in [3.05, 3.63) is 84.4 Å². The number of fused-ring (bicyclic) bond motifs is 2. The Morgan fingerprint density at radius 2 is 1.41 bits per heavy atom. The molecule has 0 unspecified atom stereocenters. The van der Waals surface area contributed by atoms with E-state index in [0.717, 1.165) is 21.5 Å². The lowest BCUT2D eigenvalue weighted by Crippen LogP contribution is -2.32. The summed E-state index contributed by atoms with van der Waals surface area (Å²) in [6, 6.07) is 23.8. The molecular weight excluding hydrogens is 366 g/mol. The van der Waals surface area contributed by atoms with Gasteiger partial charge in [0.25, 0.3) is 0 Å². The van der Waals surface area contributed by atoms with Gasteiger partial charge in [0.15, 0.2) is 0 Å². The highest BCUT2D eigenvalue weighted by atomic mass is 16.3. The second-order valence-corrected chi connectivity index (χ2v) is 6.40. The minimum absolute atomic E-state index is 0.0295. The van der Waals surface area contributed by atoms with Gasteiger partial charge in [-0.3, -0.25) is 9.59 Å². The van der Waals surface area contributed by atoms with Crippen LogP contribution in [0, 0.1) is 0 Å². The van der Waals surface area contributed by atoms with Crippen LogP contribution >= 0.6 is 0 Å². The van der Waals surface area contributed by atoms with Crippen molar-refractivity contribution in [2.24, 2.45) is 5.10 Å². The van der Waals surface area contributed by atoms with E-state index >= 15 is 0 Å². The number of carbonyl (C=O) groups is 2. The fourth-order valence-corrected chi connectivity index (χ4v) is 3.14. The predicted octanol–water partition coefficient (Wildman–Crippen LogP) is 3.79. The molecule has 2 amide bonds. The maximum Gasteiger partial charge on any atom is 0.329 e. The van der Waals surface area contributed by atoms with Gasteiger partial charge in [-0.05, 0) is 28.3 Å². The van der Waals surface area contributed by atoms with Gasteiger partial charge >= 0.3 is 11.8 Å². The van der Waals surface area contributed by atoms with Gasteiger partial charge in [-0.25, -0.2) is 5.43 Å². The maximum atomic E-state index is 12.2. The number of aromatic hydroxyl groups is 1. The minimum Gasteiger partial charge on any atom is -0.507 e. The number of carbonyl (C=O) groups excluding carboxylic acids is 2. The van der Waals surface area contributed by atoms with Crippen molar-refractivity contribution < 1.29 is 14.7 Å². The largest absolute Gasteiger partial charge is 0.507 e. The molecule has 29 heavy (non-hydrogen) atoms. The quantitative estimate of drug-likeness (QED) is 0.286. The summed E-state index contributed by atoms with van der Waals surface area (Å²) < 4.78 is 0. The number of benzene rings is 4. The van der Waals surface area contributed by atoms with Gasteiger partial charge in [0, 0.05) is 16.6 Å². The third-order valence-corrected chi connectivity index (χ3v) is 4.55. The van der Waals surface area contributed by atoms with Gasteiger partial charge in [-0.1, -0.05) is 66.7 Å². The monoisotopic (exact) mass is 383 g/mol. The Kier molecular flexibility index (Phi) is 4.90. The van der Waals surface area contributed by atoms with E-state index in [4.69, 9.17) is 0 Å². The second kappa shape index (κ2) is 7.82. The molecule has 0 aromatic heterocycles. The molecule has 0 bridgehead atoms. The van der Waals surface area contributed by atoms with Crippen molar-refractivity contribution in [3.63, 3.8) is 0 Å². The molecule has 0 saturated carbocycles. The van der Waals surface area contributed by atoms with E-state index in [9.17, 15) is 14.7 Å². The van der Waals surface area contributed by atoms with Crippen molar-refractivity contribution >= 4 is 45.3 Å². The molecule has 0 saturated heterocycles. The van der Waals surface area contributed by atoms with Crippen LogP contribution in [-0.2, 0) is 9.59 Å². The maximum absolute atomic E-state index is 12.2. The molecule has 0 atom stereocenters. The number of anilines is 1. The van der Waals surface area contributed by atoms with Gasteiger partial charge in [-0.15, -0.1) is 0 Å². The average Bonchev–Trinajstić information content (AvgIpc) is 2.75. The van der Waals surface area contributed by atoms with Crippen LogP contribution in [-0.4, -0.2) is 23.1 Å². The molecule has 0 radical (unpaired) electrons. The molecule has 142 valence electrons. The van der Waals surface area contributed by atoms with Crippen LogP contribution in [0.4, 0.5) is 5.69 Å². The molecule has 4 aromatic carbocycles. The molecule has 0 spiro atoms. The molecule has 0 aliphatic rings. The Labute approximate surface area is 166 Å². The fraction of sp³-hybridized carbons (Fsp3) is 0. The standard InChI is InChI=1S/C23H17N3O3/c27-21-13-12-16-7-1-3-9-17(16)19(21)14-24-26-23(29)22(28)25-20-11-5-8-15-6-2-4-10-18(15)20/h1-14,27H,(H,25,28)(H,26,29)/b24-14+. The smallest absolute Gasteiger partial charge is 0.329 e. The van der Waals surface area contributed by atoms with Gasteiger partial charge in [-0.2, -0.15) is 5.10 Å². The fourth-order valence-electron chi connectivity index (χ4n) is 3.14. The van der Waals surface area contributed by atoms with Crippen LogP contribution in [0.2, 0.25) is 0 Å². The minimum atomic E-state index is -0.908. The lowest BCUT2D eigenvalue weighted by atomic mass is 10.0. The lowest BCUT2D eigenvalue weighted by molar-refractivity contribution is -0.136. The van der Waals surface area contributed by atoms with E-state index in [1.807, 2.05) is 54.6 Å². The zero-order valence-electron chi connectivity index (χ0n) is 15.3.